The minimum atomic E-state index is -0.545. The third-order valence-electron chi connectivity index (χ3n) is 4.21. The van der Waals surface area contributed by atoms with E-state index < -0.39 is 11.9 Å². The first kappa shape index (κ1) is 36.8. The number of unbranched alkanes of at least 4 members (excludes halogenated alkanes) is 1. The summed E-state index contributed by atoms with van der Waals surface area (Å²) in [4.78, 5) is 62.4. The second kappa shape index (κ2) is 26.7. The van der Waals surface area contributed by atoms with Gasteiger partial charge in [0.15, 0.2) is 10.7 Å². The topological polar surface area (TPSA) is 150 Å². The van der Waals surface area contributed by atoms with Crippen molar-refractivity contribution in [2.45, 2.75) is 44.3 Å². The van der Waals surface area contributed by atoms with Crippen LogP contribution in [0.3, 0.4) is 0 Å². The molecule has 0 bridgehead atoms. The number of thioether (sulfide) groups is 1. The lowest BCUT2D eigenvalue weighted by Gasteiger charge is -2.06. The molecule has 210 valence electrons. The number of rotatable bonds is 16. The van der Waals surface area contributed by atoms with E-state index in [9.17, 15) is 19.2 Å². The van der Waals surface area contributed by atoms with E-state index in [1.807, 2.05) is 24.3 Å². The molecule has 0 unspecified atom stereocenters. The zero-order valence-corrected chi connectivity index (χ0v) is 22.8. The number of aryl methyl sites for hydroxylation is 1. The average Bonchev–Trinajstić information content (AvgIpc) is 2.91. The molecule has 0 saturated carbocycles. The number of ether oxygens (including phenoxy) is 3. The highest BCUT2D eigenvalue weighted by Crippen LogP contribution is 2.17. The molecule has 1 aromatic rings. The van der Waals surface area contributed by atoms with Crippen molar-refractivity contribution < 1.29 is 48.1 Å². The predicted molar refractivity (Wildman–Crippen MR) is 147 cm³/mol. The first-order valence-corrected chi connectivity index (χ1v) is 12.9. The predicted octanol–water partition coefficient (Wildman–Crippen LogP) is 3.75. The second-order valence-corrected chi connectivity index (χ2v) is 8.21. The summed E-state index contributed by atoms with van der Waals surface area (Å²) >= 11 is 4.39. The van der Waals surface area contributed by atoms with Gasteiger partial charge in [-0.1, -0.05) is 49.2 Å². The number of thiol groups is 1. The van der Waals surface area contributed by atoms with E-state index in [0.717, 1.165) is 29.7 Å². The SMILES string of the molecule is C=CC(=O)OCCCCC(=O)SCc1ccc(CCCC(=O)OCCOC(=O)C=C)cc1.O=CO.O=CS. The summed E-state index contributed by atoms with van der Waals surface area (Å²) in [5, 5.41) is 7.00. The highest BCUT2D eigenvalue weighted by atomic mass is 32.2. The number of benzene rings is 1. The lowest BCUT2D eigenvalue weighted by Crippen LogP contribution is -2.12. The van der Waals surface area contributed by atoms with E-state index in [0.29, 0.717) is 43.7 Å². The Hall–Kier alpha value is -3.38. The van der Waals surface area contributed by atoms with Gasteiger partial charge in [-0.15, -0.1) is 12.6 Å². The van der Waals surface area contributed by atoms with Gasteiger partial charge in [0.2, 0.25) is 0 Å². The Labute approximate surface area is 232 Å². The maximum atomic E-state index is 12.0. The molecule has 0 fully saturated rings. The molecule has 0 atom stereocenters. The maximum Gasteiger partial charge on any atom is 0.330 e. The van der Waals surface area contributed by atoms with Crippen LogP contribution in [0.2, 0.25) is 0 Å². The molecule has 0 saturated heterocycles. The Balaban J connectivity index is 0. The normalized spacial score (nSPS) is 9.18. The maximum absolute atomic E-state index is 12.0. The van der Waals surface area contributed by atoms with Crippen LogP contribution in [0.15, 0.2) is 49.6 Å². The van der Waals surface area contributed by atoms with Crippen LogP contribution in [-0.4, -0.2) is 60.0 Å². The van der Waals surface area contributed by atoms with Crippen molar-refractivity contribution in [3.8, 4) is 0 Å². The summed E-state index contributed by atoms with van der Waals surface area (Å²) in [7, 11) is 0. The van der Waals surface area contributed by atoms with Gasteiger partial charge in [0.05, 0.1) is 6.61 Å². The van der Waals surface area contributed by atoms with Crippen LogP contribution in [0.25, 0.3) is 0 Å². The summed E-state index contributed by atoms with van der Waals surface area (Å²) in [5.74, 6) is -0.716. The zero-order chi connectivity index (χ0) is 29.0. The summed E-state index contributed by atoms with van der Waals surface area (Å²) < 4.78 is 14.6. The van der Waals surface area contributed by atoms with Crippen LogP contribution in [0, 0.1) is 0 Å². The number of hydrogen-bond donors (Lipinski definition) is 2. The van der Waals surface area contributed by atoms with E-state index in [1.54, 1.807) is 0 Å². The number of carbonyl (C=O) groups excluding carboxylic acids is 5. The lowest BCUT2D eigenvalue weighted by molar-refractivity contribution is -0.149. The minimum Gasteiger partial charge on any atom is -0.483 e. The molecule has 0 radical (unpaired) electrons. The Kier molecular flexibility index (Phi) is 25.8. The van der Waals surface area contributed by atoms with Gasteiger partial charge < -0.3 is 19.3 Å². The van der Waals surface area contributed by atoms with Gasteiger partial charge in [0, 0.05) is 30.7 Å². The van der Waals surface area contributed by atoms with Crippen LogP contribution in [-0.2, 0) is 55.2 Å². The van der Waals surface area contributed by atoms with Crippen molar-refractivity contribution in [2.24, 2.45) is 0 Å². The van der Waals surface area contributed by atoms with Gasteiger partial charge >= 0.3 is 17.9 Å². The second-order valence-electron chi connectivity index (χ2n) is 6.96. The smallest absolute Gasteiger partial charge is 0.330 e. The Morgan fingerprint density at radius 2 is 1.32 bits per heavy atom. The quantitative estimate of drug-likeness (QED) is 0.0747. The van der Waals surface area contributed by atoms with Crippen LogP contribution in [0.5, 0.6) is 0 Å². The molecule has 0 heterocycles. The molecule has 0 spiro atoms. The van der Waals surface area contributed by atoms with Gasteiger partial charge in [0.1, 0.15) is 13.2 Å². The molecule has 1 aromatic carbocycles. The number of carbonyl (C=O) groups is 6. The lowest BCUT2D eigenvalue weighted by atomic mass is 10.1. The molecule has 38 heavy (non-hydrogen) atoms. The van der Waals surface area contributed by atoms with Crippen LogP contribution >= 0.6 is 24.4 Å². The van der Waals surface area contributed by atoms with Crippen LogP contribution in [0.1, 0.15) is 43.2 Å². The van der Waals surface area contributed by atoms with Crippen molar-refractivity contribution >= 4 is 59.5 Å². The van der Waals surface area contributed by atoms with Gasteiger partial charge in [-0.05, 0) is 36.8 Å². The fourth-order valence-corrected chi connectivity index (χ4v) is 3.32. The zero-order valence-electron chi connectivity index (χ0n) is 21.1. The number of carboxylic acid groups (broad SMARTS) is 1. The van der Waals surface area contributed by atoms with Crippen molar-refractivity contribution in [1.29, 1.82) is 0 Å². The van der Waals surface area contributed by atoms with Crippen molar-refractivity contribution in [2.75, 3.05) is 19.8 Å². The largest absolute Gasteiger partial charge is 0.483 e. The summed E-state index contributed by atoms with van der Waals surface area (Å²) in [5.41, 5.74) is 2.60. The Bertz CT molecular complexity index is 863. The van der Waals surface area contributed by atoms with E-state index in [4.69, 9.17) is 28.9 Å². The van der Waals surface area contributed by atoms with E-state index in [-0.39, 0.29) is 37.2 Å². The fourth-order valence-electron chi connectivity index (χ4n) is 2.51. The Morgan fingerprint density at radius 1 is 0.816 bits per heavy atom. The van der Waals surface area contributed by atoms with Gasteiger partial charge in [-0.25, -0.2) is 9.59 Å². The molecule has 12 heteroatoms. The first-order valence-electron chi connectivity index (χ1n) is 11.4. The molecule has 0 amide bonds. The van der Waals surface area contributed by atoms with Crippen molar-refractivity contribution in [3.05, 3.63) is 60.7 Å². The van der Waals surface area contributed by atoms with Gasteiger partial charge in [0.25, 0.3) is 6.47 Å². The Morgan fingerprint density at radius 3 is 1.87 bits per heavy atom. The highest BCUT2D eigenvalue weighted by molar-refractivity contribution is 8.12. The fraction of sp³-hybridized carbons (Fsp3) is 0.385. The number of esters is 3. The summed E-state index contributed by atoms with van der Waals surface area (Å²) in [6, 6.07) is 7.95. The molecular formula is C26H34O10S2. The average molecular weight is 571 g/mol. The number of hydrogen-bond acceptors (Lipinski definition) is 10. The van der Waals surface area contributed by atoms with E-state index >= 15 is 0 Å². The third kappa shape index (κ3) is 24.3. The van der Waals surface area contributed by atoms with Crippen LogP contribution in [0.4, 0.5) is 0 Å². The monoisotopic (exact) mass is 570 g/mol. The first-order chi connectivity index (χ1) is 18.3. The highest BCUT2D eigenvalue weighted by Gasteiger charge is 2.06. The van der Waals surface area contributed by atoms with Crippen LogP contribution < -0.4 is 0 Å². The summed E-state index contributed by atoms with van der Waals surface area (Å²) in [6.45, 7) is 6.70. The molecule has 1 N–H and O–H groups in total. The third-order valence-corrected chi connectivity index (χ3v) is 5.22. The summed E-state index contributed by atoms with van der Waals surface area (Å²) in [6.07, 6.45) is 5.63. The minimum absolute atomic E-state index is 0.0176. The van der Waals surface area contributed by atoms with E-state index in [2.05, 4.69) is 25.8 Å². The molecule has 10 nitrogen and oxygen atoms in total. The van der Waals surface area contributed by atoms with E-state index in [1.165, 1.54) is 11.8 Å². The molecule has 0 aliphatic heterocycles. The molecule has 1 rings (SSSR count). The van der Waals surface area contributed by atoms with Crippen molar-refractivity contribution in [1.82, 2.24) is 0 Å². The molecule has 0 aromatic heterocycles. The standard InChI is InChI=1S/C24H30O7S.CH2O2.CH2OS/c1-3-21(25)29-15-6-5-10-24(28)32-18-20-13-11-19(12-14-20)8-7-9-23(27)31-17-16-30-22(26)4-2;2*2-1-3/h3-4,11-14H,1-2,5-10,15-18H2;2*1H,(H,2,3). The van der Waals surface area contributed by atoms with Crippen molar-refractivity contribution in [3.63, 3.8) is 0 Å². The van der Waals surface area contributed by atoms with Gasteiger partial charge in [-0.2, -0.15) is 0 Å². The molecular weight excluding hydrogens is 536 g/mol. The molecule has 0 aliphatic carbocycles. The van der Waals surface area contributed by atoms with Gasteiger partial charge in [-0.3, -0.25) is 19.2 Å². The molecule has 0 aliphatic rings.